The number of hydrogen-bond acceptors (Lipinski definition) is 3. The van der Waals surface area contributed by atoms with E-state index in [2.05, 4.69) is 24.1 Å². The van der Waals surface area contributed by atoms with E-state index in [0.717, 1.165) is 18.4 Å². The number of hydrogen-bond donors (Lipinski definition) is 1. The molecule has 84 valence electrons. The van der Waals surface area contributed by atoms with Gasteiger partial charge >= 0.3 is 0 Å². The van der Waals surface area contributed by atoms with Crippen LogP contribution in [0.4, 0.5) is 0 Å². The van der Waals surface area contributed by atoms with Crippen LogP contribution in [0.3, 0.4) is 0 Å². The fourth-order valence-corrected chi connectivity index (χ4v) is 3.23. The van der Waals surface area contributed by atoms with Crippen molar-refractivity contribution in [3.63, 3.8) is 0 Å². The second-order valence-corrected chi connectivity index (χ2v) is 5.93. The topological polar surface area (TPSA) is 24.9 Å². The summed E-state index contributed by atoms with van der Waals surface area (Å²) in [4.78, 5) is 5.44. The van der Waals surface area contributed by atoms with Crippen LogP contribution in [0.2, 0.25) is 0 Å². The van der Waals surface area contributed by atoms with Crippen molar-refractivity contribution in [2.75, 3.05) is 0 Å². The van der Waals surface area contributed by atoms with Gasteiger partial charge in [-0.3, -0.25) is 4.98 Å². The maximum absolute atomic E-state index is 4.09. The summed E-state index contributed by atoms with van der Waals surface area (Å²) < 4.78 is 0. The number of thiazole rings is 1. The first-order chi connectivity index (χ1) is 7.24. The molecule has 0 saturated heterocycles. The molecule has 0 spiro atoms. The smallest absolute Gasteiger partial charge is 0.0794 e. The zero-order valence-electron chi connectivity index (χ0n) is 9.57. The van der Waals surface area contributed by atoms with Crippen molar-refractivity contribution in [3.05, 3.63) is 16.6 Å². The van der Waals surface area contributed by atoms with Crippen LogP contribution >= 0.6 is 11.3 Å². The van der Waals surface area contributed by atoms with Gasteiger partial charge in [-0.05, 0) is 31.1 Å². The van der Waals surface area contributed by atoms with Crippen LogP contribution in [-0.4, -0.2) is 11.0 Å². The molecule has 1 aliphatic rings. The highest BCUT2D eigenvalue weighted by atomic mass is 32.1. The van der Waals surface area contributed by atoms with Gasteiger partial charge in [-0.25, -0.2) is 0 Å². The normalized spacial score (nSPS) is 31.7. The van der Waals surface area contributed by atoms with E-state index >= 15 is 0 Å². The van der Waals surface area contributed by atoms with Gasteiger partial charge in [0.15, 0.2) is 0 Å². The van der Waals surface area contributed by atoms with E-state index in [4.69, 9.17) is 0 Å². The van der Waals surface area contributed by atoms with E-state index in [1.807, 2.05) is 11.7 Å². The minimum atomic E-state index is 0.714. The highest BCUT2D eigenvalue weighted by molar-refractivity contribution is 7.09. The Morgan fingerprint density at radius 1 is 1.33 bits per heavy atom. The SMILES string of the molecule is CC1CC(C)CC(NCc2cncs2)C1. The van der Waals surface area contributed by atoms with Gasteiger partial charge in [-0.1, -0.05) is 13.8 Å². The molecule has 2 atom stereocenters. The predicted octanol–water partition coefficient (Wildman–Crippen LogP) is 3.06. The Bertz CT molecular complexity index is 274. The zero-order valence-corrected chi connectivity index (χ0v) is 10.4. The molecule has 1 N–H and O–H groups in total. The fraction of sp³-hybridized carbons (Fsp3) is 0.750. The maximum atomic E-state index is 4.09. The summed E-state index contributed by atoms with van der Waals surface area (Å²) in [6.07, 6.45) is 6.04. The van der Waals surface area contributed by atoms with E-state index in [0.29, 0.717) is 6.04 Å². The molecule has 1 aromatic rings. The van der Waals surface area contributed by atoms with Crippen LogP contribution in [-0.2, 0) is 6.54 Å². The molecule has 1 heterocycles. The van der Waals surface area contributed by atoms with Gasteiger partial charge in [-0.2, -0.15) is 0 Å². The standard InChI is InChI=1S/C12H20N2S/c1-9-3-10(2)5-11(4-9)14-7-12-6-13-8-15-12/h6,8-11,14H,3-5,7H2,1-2H3. The molecule has 1 saturated carbocycles. The van der Waals surface area contributed by atoms with Gasteiger partial charge in [-0.15, -0.1) is 11.3 Å². The van der Waals surface area contributed by atoms with Gasteiger partial charge in [0.1, 0.15) is 0 Å². The first-order valence-electron chi connectivity index (χ1n) is 5.84. The van der Waals surface area contributed by atoms with Crippen LogP contribution < -0.4 is 5.32 Å². The summed E-state index contributed by atoms with van der Waals surface area (Å²) in [6.45, 7) is 5.74. The van der Waals surface area contributed by atoms with Crippen LogP contribution in [0, 0.1) is 11.8 Å². The summed E-state index contributed by atoms with van der Waals surface area (Å²) in [7, 11) is 0. The molecular weight excluding hydrogens is 204 g/mol. The molecule has 0 bridgehead atoms. The number of nitrogens with one attached hydrogen (secondary N) is 1. The summed E-state index contributed by atoms with van der Waals surface area (Å²) >= 11 is 1.74. The van der Waals surface area contributed by atoms with Gasteiger partial charge in [0.05, 0.1) is 5.51 Å². The van der Waals surface area contributed by atoms with Crippen molar-refractivity contribution in [2.24, 2.45) is 11.8 Å². The van der Waals surface area contributed by atoms with Crippen molar-refractivity contribution >= 4 is 11.3 Å². The monoisotopic (exact) mass is 224 g/mol. The highest BCUT2D eigenvalue weighted by Gasteiger charge is 2.23. The van der Waals surface area contributed by atoms with Crippen molar-refractivity contribution in [2.45, 2.75) is 45.7 Å². The lowest BCUT2D eigenvalue weighted by molar-refractivity contribution is 0.238. The summed E-state index contributed by atoms with van der Waals surface area (Å²) in [6, 6.07) is 0.714. The van der Waals surface area contributed by atoms with Crippen LogP contribution in [0.25, 0.3) is 0 Å². The Labute approximate surface area is 96.1 Å². The molecular formula is C12H20N2S. The Hall–Kier alpha value is -0.410. The van der Waals surface area contributed by atoms with E-state index in [-0.39, 0.29) is 0 Å². The quantitative estimate of drug-likeness (QED) is 0.853. The molecule has 1 aliphatic carbocycles. The van der Waals surface area contributed by atoms with Crippen LogP contribution in [0.5, 0.6) is 0 Å². The molecule has 2 nitrogen and oxygen atoms in total. The van der Waals surface area contributed by atoms with Crippen molar-refractivity contribution in [1.29, 1.82) is 0 Å². The zero-order chi connectivity index (χ0) is 10.7. The van der Waals surface area contributed by atoms with Gasteiger partial charge < -0.3 is 5.32 Å². The lowest BCUT2D eigenvalue weighted by atomic mass is 9.80. The Kier molecular flexibility index (Phi) is 3.76. The van der Waals surface area contributed by atoms with Crippen LogP contribution in [0.15, 0.2) is 11.7 Å². The molecule has 0 aromatic carbocycles. The Morgan fingerprint density at radius 3 is 2.67 bits per heavy atom. The third-order valence-corrected chi connectivity index (χ3v) is 4.01. The predicted molar refractivity (Wildman–Crippen MR) is 64.9 cm³/mol. The van der Waals surface area contributed by atoms with E-state index < -0.39 is 0 Å². The average molecular weight is 224 g/mol. The average Bonchev–Trinajstić information content (AvgIpc) is 2.65. The molecule has 0 aliphatic heterocycles. The minimum absolute atomic E-state index is 0.714. The highest BCUT2D eigenvalue weighted by Crippen LogP contribution is 2.28. The lowest BCUT2D eigenvalue weighted by Crippen LogP contribution is -2.35. The minimum Gasteiger partial charge on any atom is -0.309 e. The molecule has 3 heteroatoms. The first kappa shape index (κ1) is 11.1. The van der Waals surface area contributed by atoms with Crippen LogP contribution in [0.1, 0.15) is 38.0 Å². The van der Waals surface area contributed by atoms with Gasteiger partial charge in [0.2, 0.25) is 0 Å². The molecule has 2 unspecified atom stereocenters. The second-order valence-electron chi connectivity index (χ2n) is 4.96. The fourth-order valence-electron chi connectivity index (χ4n) is 2.69. The van der Waals surface area contributed by atoms with E-state index in [9.17, 15) is 0 Å². The maximum Gasteiger partial charge on any atom is 0.0794 e. The lowest BCUT2D eigenvalue weighted by Gasteiger charge is -2.32. The first-order valence-corrected chi connectivity index (χ1v) is 6.72. The number of nitrogens with zero attached hydrogens (tertiary/aromatic N) is 1. The molecule has 15 heavy (non-hydrogen) atoms. The Balaban J connectivity index is 1.79. The van der Waals surface area contributed by atoms with Crippen molar-refractivity contribution in [3.8, 4) is 0 Å². The van der Waals surface area contributed by atoms with Gasteiger partial charge in [0, 0.05) is 23.7 Å². The molecule has 0 radical (unpaired) electrons. The second kappa shape index (κ2) is 5.08. The summed E-state index contributed by atoms with van der Waals surface area (Å²) in [5.41, 5.74) is 1.91. The van der Waals surface area contributed by atoms with E-state index in [1.165, 1.54) is 24.1 Å². The van der Waals surface area contributed by atoms with Crippen molar-refractivity contribution in [1.82, 2.24) is 10.3 Å². The third kappa shape index (κ3) is 3.28. The summed E-state index contributed by atoms with van der Waals surface area (Å²) in [5.74, 6) is 1.76. The molecule has 1 aromatic heterocycles. The van der Waals surface area contributed by atoms with Gasteiger partial charge in [0.25, 0.3) is 0 Å². The molecule has 1 fully saturated rings. The summed E-state index contributed by atoms with van der Waals surface area (Å²) in [5, 5.41) is 3.66. The molecule has 0 amide bonds. The Morgan fingerprint density at radius 2 is 2.07 bits per heavy atom. The number of aromatic nitrogens is 1. The van der Waals surface area contributed by atoms with E-state index in [1.54, 1.807) is 11.3 Å². The number of rotatable bonds is 3. The molecule has 2 rings (SSSR count). The van der Waals surface area contributed by atoms with Crippen molar-refractivity contribution < 1.29 is 0 Å². The largest absolute Gasteiger partial charge is 0.309 e. The third-order valence-electron chi connectivity index (χ3n) is 3.23.